The van der Waals surface area contributed by atoms with Crippen molar-refractivity contribution in [3.63, 3.8) is 0 Å². The van der Waals surface area contributed by atoms with Crippen LogP contribution in [0.4, 0.5) is 0 Å². The lowest BCUT2D eigenvalue weighted by atomic mass is 9.92. The molecule has 0 atom stereocenters. The Morgan fingerprint density at radius 3 is 2.45 bits per heavy atom. The molecule has 0 aromatic carbocycles. The molecule has 0 aliphatic heterocycles. The van der Waals surface area contributed by atoms with E-state index in [9.17, 15) is 13.2 Å². The van der Waals surface area contributed by atoms with Crippen molar-refractivity contribution in [3.8, 4) is 0 Å². The second-order valence-electron chi connectivity index (χ2n) is 6.29. The van der Waals surface area contributed by atoms with E-state index in [2.05, 4.69) is 17.0 Å². The number of hydrogen-bond donors (Lipinski definition) is 2. The summed E-state index contributed by atoms with van der Waals surface area (Å²) in [6.45, 7) is 2.12. The zero-order valence-electron chi connectivity index (χ0n) is 13.1. The fourth-order valence-corrected chi connectivity index (χ4v) is 3.17. The smallest absolute Gasteiger partial charge is 0.287 e. The maximum atomic E-state index is 12.3. The van der Waals surface area contributed by atoms with E-state index in [1.807, 2.05) is 0 Å². The van der Waals surface area contributed by atoms with Crippen molar-refractivity contribution >= 4 is 15.9 Å². The maximum absolute atomic E-state index is 12.3. The first-order valence-corrected chi connectivity index (χ1v) is 9.52. The Morgan fingerprint density at radius 1 is 1.23 bits per heavy atom. The number of carbonyl (C=O) groups excluding carboxylic acids is 1. The molecule has 0 spiro atoms. The quantitative estimate of drug-likeness (QED) is 0.811. The molecule has 124 valence electrons. The lowest BCUT2D eigenvalue weighted by molar-refractivity contribution is 0.0866. The fourth-order valence-electron chi connectivity index (χ4n) is 2.77. The average molecular weight is 328 g/mol. The highest BCUT2D eigenvalue weighted by atomic mass is 32.2. The molecule has 1 heterocycles. The highest BCUT2D eigenvalue weighted by Gasteiger charge is 2.28. The van der Waals surface area contributed by atoms with E-state index in [1.54, 1.807) is 12.1 Å². The van der Waals surface area contributed by atoms with E-state index in [0.717, 1.165) is 31.9 Å². The molecular weight excluding hydrogens is 304 g/mol. The van der Waals surface area contributed by atoms with Gasteiger partial charge in [-0.25, -0.2) is 13.1 Å². The Morgan fingerprint density at radius 2 is 1.86 bits per heavy atom. The van der Waals surface area contributed by atoms with Crippen LogP contribution in [-0.4, -0.2) is 26.1 Å². The van der Waals surface area contributed by atoms with Crippen molar-refractivity contribution in [2.24, 2.45) is 0 Å². The first kappa shape index (κ1) is 17.0. The van der Waals surface area contributed by atoms with Crippen LogP contribution < -0.4 is 10.0 Å². The molecule has 7 heteroatoms. The molecular formula is C15H24N2O4S. The maximum Gasteiger partial charge on any atom is 0.287 e. The van der Waals surface area contributed by atoms with Crippen molar-refractivity contribution < 1.29 is 17.6 Å². The van der Waals surface area contributed by atoms with E-state index in [0.29, 0.717) is 5.76 Å². The van der Waals surface area contributed by atoms with Crippen LogP contribution in [-0.2, 0) is 16.6 Å². The summed E-state index contributed by atoms with van der Waals surface area (Å²) in [5.74, 6) is 0.396. The summed E-state index contributed by atoms with van der Waals surface area (Å²) < 4.78 is 29.9. The van der Waals surface area contributed by atoms with Crippen molar-refractivity contribution in [2.45, 2.75) is 57.5 Å². The monoisotopic (exact) mass is 328 g/mol. The highest BCUT2D eigenvalue weighted by Crippen LogP contribution is 2.27. The van der Waals surface area contributed by atoms with Gasteiger partial charge in [0.25, 0.3) is 5.91 Å². The summed E-state index contributed by atoms with van der Waals surface area (Å²) in [5, 5.41) is 3.07. The normalized spacial score (nSPS) is 18.6. The van der Waals surface area contributed by atoms with E-state index < -0.39 is 10.0 Å². The van der Waals surface area contributed by atoms with Gasteiger partial charge in [-0.3, -0.25) is 4.79 Å². The third-order valence-electron chi connectivity index (χ3n) is 4.02. The number of nitrogens with one attached hydrogen (secondary N) is 2. The number of amides is 1. The molecule has 2 rings (SSSR count). The van der Waals surface area contributed by atoms with Crippen LogP contribution in [0.25, 0.3) is 0 Å². The Bertz CT molecular complexity index is 613. The van der Waals surface area contributed by atoms with Crippen molar-refractivity contribution in [3.05, 3.63) is 23.7 Å². The molecule has 1 aromatic heterocycles. The van der Waals surface area contributed by atoms with Crippen LogP contribution in [0.5, 0.6) is 0 Å². The number of sulfonamides is 1. The second kappa shape index (κ2) is 6.83. The molecule has 1 aliphatic carbocycles. The van der Waals surface area contributed by atoms with E-state index >= 15 is 0 Å². The van der Waals surface area contributed by atoms with Crippen molar-refractivity contribution in [1.82, 2.24) is 10.0 Å². The van der Waals surface area contributed by atoms with Crippen LogP contribution in [0.2, 0.25) is 0 Å². The van der Waals surface area contributed by atoms with Gasteiger partial charge < -0.3 is 9.73 Å². The van der Waals surface area contributed by atoms with Gasteiger partial charge in [-0.05, 0) is 31.9 Å². The van der Waals surface area contributed by atoms with Gasteiger partial charge in [0.2, 0.25) is 10.0 Å². The molecule has 1 amide bonds. The van der Waals surface area contributed by atoms with Gasteiger partial charge in [-0.1, -0.05) is 25.7 Å². The lowest BCUT2D eigenvalue weighted by Gasteiger charge is -2.29. The van der Waals surface area contributed by atoms with Gasteiger partial charge in [-0.2, -0.15) is 0 Å². The topological polar surface area (TPSA) is 88.4 Å². The van der Waals surface area contributed by atoms with Crippen LogP contribution >= 0.6 is 0 Å². The minimum atomic E-state index is -3.28. The van der Waals surface area contributed by atoms with Crippen molar-refractivity contribution in [1.29, 1.82) is 0 Å². The van der Waals surface area contributed by atoms with E-state index in [-0.39, 0.29) is 23.8 Å². The minimum Gasteiger partial charge on any atom is -0.455 e. The molecule has 1 aliphatic rings. The fraction of sp³-hybridized carbons (Fsp3) is 0.667. The Balaban J connectivity index is 1.96. The van der Waals surface area contributed by atoms with Crippen LogP contribution in [0, 0.1) is 0 Å². The van der Waals surface area contributed by atoms with Crippen LogP contribution in [0.3, 0.4) is 0 Å². The lowest BCUT2D eigenvalue weighted by Crippen LogP contribution is -2.45. The minimum absolute atomic E-state index is 0.0450. The molecule has 1 aromatic rings. The molecule has 2 N–H and O–H groups in total. The first-order chi connectivity index (χ1) is 10.3. The van der Waals surface area contributed by atoms with Crippen molar-refractivity contribution in [2.75, 3.05) is 6.26 Å². The number of rotatable bonds is 5. The molecule has 1 fully saturated rings. The molecule has 0 radical (unpaired) electrons. The Hall–Kier alpha value is -1.34. The van der Waals surface area contributed by atoms with Gasteiger partial charge in [0.05, 0.1) is 12.8 Å². The molecule has 0 unspecified atom stereocenters. The summed E-state index contributed by atoms with van der Waals surface area (Å²) in [6, 6.07) is 3.19. The SMILES string of the molecule is CC1(NC(=O)c2ccc(CNS(C)(=O)=O)o2)CCCCCC1. The number of furan rings is 1. The second-order valence-corrected chi connectivity index (χ2v) is 8.12. The summed E-state index contributed by atoms with van der Waals surface area (Å²) in [5.41, 5.74) is -0.189. The van der Waals surface area contributed by atoms with Gasteiger partial charge >= 0.3 is 0 Å². The summed E-state index contributed by atoms with van der Waals surface area (Å²) in [4.78, 5) is 12.3. The largest absolute Gasteiger partial charge is 0.455 e. The third kappa shape index (κ3) is 5.14. The Kier molecular flexibility index (Phi) is 5.28. The van der Waals surface area contributed by atoms with E-state index in [4.69, 9.17) is 4.42 Å². The predicted molar refractivity (Wildman–Crippen MR) is 84.0 cm³/mol. The molecule has 22 heavy (non-hydrogen) atoms. The number of hydrogen-bond acceptors (Lipinski definition) is 4. The zero-order chi connectivity index (χ0) is 16.2. The average Bonchev–Trinajstić information content (AvgIpc) is 2.79. The standard InChI is InChI=1S/C15H24N2O4S/c1-15(9-5-3-4-6-10-15)17-14(18)13-8-7-12(21-13)11-16-22(2,19)20/h7-8,16H,3-6,9-11H2,1-2H3,(H,17,18). The van der Waals surface area contributed by atoms with Crippen LogP contribution in [0.15, 0.2) is 16.5 Å². The predicted octanol–water partition coefficient (Wildman–Crippen LogP) is 2.17. The van der Waals surface area contributed by atoms with Gasteiger partial charge in [0.15, 0.2) is 5.76 Å². The first-order valence-electron chi connectivity index (χ1n) is 7.63. The summed E-state index contributed by atoms with van der Waals surface area (Å²) in [7, 11) is -3.28. The number of carbonyl (C=O) groups is 1. The van der Waals surface area contributed by atoms with Crippen LogP contribution in [0.1, 0.15) is 61.8 Å². The van der Waals surface area contributed by atoms with Gasteiger partial charge in [0, 0.05) is 5.54 Å². The Labute approximate surface area is 131 Å². The highest BCUT2D eigenvalue weighted by molar-refractivity contribution is 7.88. The molecule has 6 nitrogen and oxygen atoms in total. The molecule has 0 saturated heterocycles. The van der Waals surface area contributed by atoms with Gasteiger partial charge in [-0.15, -0.1) is 0 Å². The molecule has 1 saturated carbocycles. The summed E-state index contributed by atoms with van der Waals surface area (Å²) >= 11 is 0. The third-order valence-corrected chi connectivity index (χ3v) is 4.69. The van der Waals surface area contributed by atoms with E-state index in [1.165, 1.54) is 12.8 Å². The van der Waals surface area contributed by atoms with Gasteiger partial charge in [0.1, 0.15) is 5.76 Å². The zero-order valence-corrected chi connectivity index (χ0v) is 14.0. The molecule has 0 bridgehead atoms. The summed E-state index contributed by atoms with van der Waals surface area (Å²) in [6.07, 6.45) is 7.71.